The highest BCUT2D eigenvalue weighted by Gasteiger charge is 2.17. The van der Waals surface area contributed by atoms with Gasteiger partial charge in [-0.1, -0.05) is 12.1 Å². The second-order valence-electron chi connectivity index (χ2n) is 5.76. The molecular weight excluding hydrogens is 311 g/mol. The molecule has 2 aromatic rings. The van der Waals surface area contributed by atoms with E-state index in [1.54, 1.807) is 30.3 Å². The third-order valence-electron chi connectivity index (χ3n) is 4.06. The third-order valence-corrected chi connectivity index (χ3v) is 4.06. The number of anilines is 1. The van der Waals surface area contributed by atoms with Gasteiger partial charge < -0.3 is 14.8 Å². The Balaban J connectivity index is 1.58. The molecule has 5 nitrogen and oxygen atoms in total. The normalized spacial score (nSPS) is 13.8. The summed E-state index contributed by atoms with van der Waals surface area (Å²) in [6, 6.07) is 11.6. The van der Waals surface area contributed by atoms with E-state index in [9.17, 15) is 9.18 Å². The SMILES string of the molecule is CC(c1ccc(F)cc1)N(C)CC(=O)Nc1ccc2c(c1)OCO2. The second-order valence-corrected chi connectivity index (χ2v) is 5.76. The molecule has 1 atom stereocenters. The summed E-state index contributed by atoms with van der Waals surface area (Å²) in [6.07, 6.45) is 0. The summed E-state index contributed by atoms with van der Waals surface area (Å²) in [6.45, 7) is 2.39. The smallest absolute Gasteiger partial charge is 0.238 e. The van der Waals surface area contributed by atoms with Gasteiger partial charge in [-0.2, -0.15) is 0 Å². The zero-order chi connectivity index (χ0) is 17.1. The first kappa shape index (κ1) is 16.3. The van der Waals surface area contributed by atoms with Crippen LogP contribution in [-0.2, 0) is 4.79 Å². The molecule has 0 aliphatic carbocycles. The Morgan fingerprint density at radius 3 is 2.67 bits per heavy atom. The van der Waals surface area contributed by atoms with E-state index in [0.717, 1.165) is 5.56 Å². The van der Waals surface area contributed by atoms with E-state index in [-0.39, 0.29) is 31.1 Å². The van der Waals surface area contributed by atoms with E-state index in [1.807, 2.05) is 18.9 Å². The van der Waals surface area contributed by atoms with Crippen LogP contribution in [0.2, 0.25) is 0 Å². The molecule has 0 radical (unpaired) electrons. The maximum atomic E-state index is 13.0. The molecule has 126 valence electrons. The minimum Gasteiger partial charge on any atom is -0.454 e. The number of carbonyl (C=O) groups is 1. The fourth-order valence-electron chi connectivity index (χ4n) is 2.53. The number of rotatable bonds is 5. The van der Waals surface area contributed by atoms with Gasteiger partial charge in [0.1, 0.15) is 5.82 Å². The number of likely N-dealkylation sites (N-methyl/N-ethyl adjacent to an activating group) is 1. The summed E-state index contributed by atoms with van der Waals surface area (Å²) in [7, 11) is 1.85. The Bertz CT molecular complexity index is 734. The van der Waals surface area contributed by atoms with Gasteiger partial charge in [-0.3, -0.25) is 9.69 Å². The van der Waals surface area contributed by atoms with Gasteiger partial charge in [0.2, 0.25) is 12.7 Å². The predicted octanol–water partition coefficient (Wildman–Crippen LogP) is 3.19. The van der Waals surface area contributed by atoms with Crippen molar-refractivity contribution in [3.05, 3.63) is 53.8 Å². The highest BCUT2D eigenvalue weighted by atomic mass is 19.1. The van der Waals surface area contributed by atoms with Crippen LogP contribution in [0.25, 0.3) is 0 Å². The third kappa shape index (κ3) is 3.65. The fraction of sp³-hybridized carbons (Fsp3) is 0.278. The first-order chi connectivity index (χ1) is 11.5. The highest BCUT2D eigenvalue weighted by molar-refractivity contribution is 5.92. The van der Waals surface area contributed by atoms with Gasteiger partial charge in [0.15, 0.2) is 11.5 Å². The van der Waals surface area contributed by atoms with Crippen LogP contribution >= 0.6 is 0 Å². The largest absolute Gasteiger partial charge is 0.454 e. The molecule has 0 aromatic heterocycles. The molecular formula is C18H19FN2O3. The van der Waals surface area contributed by atoms with E-state index in [0.29, 0.717) is 17.2 Å². The Hall–Kier alpha value is -2.60. The number of ether oxygens (including phenoxy) is 2. The first-order valence-corrected chi connectivity index (χ1v) is 7.68. The molecule has 24 heavy (non-hydrogen) atoms. The number of nitrogens with zero attached hydrogens (tertiary/aromatic N) is 1. The summed E-state index contributed by atoms with van der Waals surface area (Å²) < 4.78 is 23.5. The molecule has 3 rings (SSSR count). The molecule has 0 bridgehead atoms. The van der Waals surface area contributed by atoms with Crippen molar-refractivity contribution in [3.63, 3.8) is 0 Å². The van der Waals surface area contributed by atoms with Crippen LogP contribution in [0, 0.1) is 5.82 Å². The number of fused-ring (bicyclic) bond motifs is 1. The fourth-order valence-corrected chi connectivity index (χ4v) is 2.53. The van der Waals surface area contributed by atoms with E-state index < -0.39 is 0 Å². The highest BCUT2D eigenvalue weighted by Crippen LogP contribution is 2.34. The number of nitrogens with one attached hydrogen (secondary N) is 1. The minimum atomic E-state index is -0.269. The number of benzene rings is 2. The van der Waals surface area contributed by atoms with Crippen LogP contribution in [-0.4, -0.2) is 31.2 Å². The second kappa shape index (κ2) is 6.88. The van der Waals surface area contributed by atoms with Gasteiger partial charge in [0, 0.05) is 17.8 Å². The zero-order valence-electron chi connectivity index (χ0n) is 13.6. The lowest BCUT2D eigenvalue weighted by Gasteiger charge is -2.24. The van der Waals surface area contributed by atoms with E-state index in [1.165, 1.54) is 12.1 Å². The zero-order valence-corrected chi connectivity index (χ0v) is 13.6. The van der Waals surface area contributed by atoms with Crippen molar-refractivity contribution in [1.29, 1.82) is 0 Å². The minimum absolute atomic E-state index is 0.00639. The Morgan fingerprint density at radius 1 is 1.21 bits per heavy atom. The Morgan fingerprint density at radius 2 is 1.92 bits per heavy atom. The maximum absolute atomic E-state index is 13.0. The number of hydrogen-bond donors (Lipinski definition) is 1. The van der Waals surface area contributed by atoms with Crippen molar-refractivity contribution in [2.75, 3.05) is 25.7 Å². The molecule has 0 saturated heterocycles. The predicted molar refractivity (Wildman–Crippen MR) is 88.6 cm³/mol. The summed E-state index contributed by atoms with van der Waals surface area (Å²) in [5.41, 5.74) is 1.61. The summed E-state index contributed by atoms with van der Waals surface area (Å²) >= 11 is 0. The van der Waals surface area contributed by atoms with Gasteiger partial charge in [-0.25, -0.2) is 4.39 Å². The average Bonchev–Trinajstić information content (AvgIpc) is 3.02. The molecule has 6 heteroatoms. The van der Waals surface area contributed by atoms with Crippen LogP contribution in [0.1, 0.15) is 18.5 Å². The first-order valence-electron chi connectivity index (χ1n) is 7.68. The number of halogens is 1. The summed E-state index contributed by atoms with van der Waals surface area (Å²) in [4.78, 5) is 14.1. The van der Waals surface area contributed by atoms with Gasteiger partial charge >= 0.3 is 0 Å². The molecule has 1 heterocycles. The molecule has 1 unspecified atom stereocenters. The number of amides is 1. The van der Waals surface area contributed by atoms with E-state index >= 15 is 0 Å². The van der Waals surface area contributed by atoms with Crippen LogP contribution in [0.15, 0.2) is 42.5 Å². The Labute approximate surface area is 140 Å². The lowest BCUT2D eigenvalue weighted by molar-refractivity contribution is -0.117. The molecule has 0 fully saturated rings. The van der Waals surface area contributed by atoms with Crippen molar-refractivity contribution in [3.8, 4) is 11.5 Å². The Kier molecular flexibility index (Phi) is 4.66. The van der Waals surface area contributed by atoms with Crippen LogP contribution in [0.3, 0.4) is 0 Å². The van der Waals surface area contributed by atoms with Crippen molar-refractivity contribution >= 4 is 11.6 Å². The molecule has 1 amide bonds. The molecule has 0 saturated carbocycles. The van der Waals surface area contributed by atoms with Crippen LogP contribution < -0.4 is 14.8 Å². The molecule has 1 N–H and O–H groups in total. The molecule has 1 aliphatic heterocycles. The standard InChI is InChI=1S/C18H19FN2O3/c1-12(13-3-5-14(19)6-4-13)21(2)10-18(22)20-15-7-8-16-17(9-15)24-11-23-16/h3-9,12H,10-11H2,1-2H3,(H,20,22). The van der Waals surface area contributed by atoms with Gasteiger partial charge in [-0.05, 0) is 43.8 Å². The van der Waals surface area contributed by atoms with Gasteiger partial charge in [0.05, 0.1) is 6.54 Å². The van der Waals surface area contributed by atoms with E-state index in [4.69, 9.17) is 9.47 Å². The lowest BCUT2D eigenvalue weighted by Crippen LogP contribution is -2.32. The van der Waals surface area contributed by atoms with E-state index in [2.05, 4.69) is 5.32 Å². The number of carbonyl (C=O) groups excluding carboxylic acids is 1. The number of hydrogen-bond acceptors (Lipinski definition) is 4. The average molecular weight is 330 g/mol. The van der Waals surface area contributed by atoms with Crippen LogP contribution in [0.5, 0.6) is 11.5 Å². The van der Waals surface area contributed by atoms with Gasteiger partial charge in [-0.15, -0.1) is 0 Å². The molecule has 2 aromatic carbocycles. The van der Waals surface area contributed by atoms with Crippen molar-refractivity contribution < 1.29 is 18.7 Å². The lowest BCUT2D eigenvalue weighted by atomic mass is 10.1. The van der Waals surface area contributed by atoms with Crippen molar-refractivity contribution in [2.45, 2.75) is 13.0 Å². The van der Waals surface area contributed by atoms with Crippen molar-refractivity contribution in [2.24, 2.45) is 0 Å². The monoisotopic (exact) mass is 330 g/mol. The topological polar surface area (TPSA) is 50.8 Å². The van der Waals surface area contributed by atoms with Gasteiger partial charge in [0.25, 0.3) is 0 Å². The maximum Gasteiger partial charge on any atom is 0.238 e. The molecule has 0 spiro atoms. The van der Waals surface area contributed by atoms with Crippen LogP contribution in [0.4, 0.5) is 10.1 Å². The molecule has 1 aliphatic rings. The van der Waals surface area contributed by atoms with Crippen molar-refractivity contribution in [1.82, 2.24) is 4.90 Å². The quantitative estimate of drug-likeness (QED) is 0.915. The summed E-state index contributed by atoms with van der Waals surface area (Å²) in [5, 5.41) is 2.84. The summed E-state index contributed by atoms with van der Waals surface area (Å²) in [5.74, 6) is 0.898.